The zero-order valence-electron chi connectivity index (χ0n) is 12.5. The highest BCUT2D eigenvalue weighted by Gasteiger charge is 2.16. The van der Waals surface area contributed by atoms with Gasteiger partial charge in [0.05, 0.1) is 16.3 Å². The highest BCUT2D eigenvalue weighted by atomic mass is 32.2. The van der Waals surface area contributed by atoms with Gasteiger partial charge in [0.15, 0.2) is 0 Å². The van der Waals surface area contributed by atoms with E-state index in [-0.39, 0.29) is 4.90 Å². The molecule has 1 rings (SSSR count). The molecule has 0 aliphatic rings. The molecule has 0 aliphatic heterocycles. The average Bonchev–Trinajstić information content (AvgIpc) is 2.39. The maximum atomic E-state index is 12.1. The minimum absolute atomic E-state index is 0.265. The third kappa shape index (κ3) is 4.11. The van der Waals surface area contributed by atoms with Gasteiger partial charge < -0.3 is 10.6 Å². The molecular formula is C14H25N3O2S. The summed E-state index contributed by atoms with van der Waals surface area (Å²) in [6.45, 7) is 8.05. The zero-order chi connectivity index (χ0) is 15.2. The van der Waals surface area contributed by atoms with Crippen molar-refractivity contribution in [3.05, 3.63) is 18.2 Å². The van der Waals surface area contributed by atoms with E-state index < -0.39 is 10.0 Å². The van der Waals surface area contributed by atoms with Crippen molar-refractivity contribution < 1.29 is 8.42 Å². The third-order valence-electron chi connectivity index (χ3n) is 2.97. The Morgan fingerprint density at radius 2 is 1.75 bits per heavy atom. The largest absolute Gasteiger partial charge is 0.397 e. The summed E-state index contributed by atoms with van der Waals surface area (Å²) in [6.07, 6.45) is 1.98. The minimum atomic E-state index is -3.45. The van der Waals surface area contributed by atoms with Crippen molar-refractivity contribution in [1.29, 1.82) is 0 Å². The van der Waals surface area contributed by atoms with Crippen LogP contribution in [0.25, 0.3) is 0 Å². The van der Waals surface area contributed by atoms with E-state index in [4.69, 9.17) is 5.73 Å². The standard InChI is InChI=1S/C14H25N3O2S/c1-4-9-17(10-5-2)14-11-12(7-8-13(14)15)20(18,19)16-6-3/h7-8,11,16H,4-6,9-10,15H2,1-3H3. The summed E-state index contributed by atoms with van der Waals surface area (Å²) >= 11 is 0. The van der Waals surface area contributed by atoms with Crippen LogP contribution in [0.2, 0.25) is 0 Å². The van der Waals surface area contributed by atoms with Crippen molar-refractivity contribution in [2.75, 3.05) is 30.3 Å². The quantitative estimate of drug-likeness (QED) is 0.722. The van der Waals surface area contributed by atoms with Crippen molar-refractivity contribution in [3.63, 3.8) is 0 Å². The number of rotatable bonds is 8. The molecule has 0 amide bonds. The third-order valence-corrected chi connectivity index (χ3v) is 4.52. The molecule has 0 aliphatic carbocycles. The summed E-state index contributed by atoms with van der Waals surface area (Å²) in [7, 11) is -3.45. The van der Waals surface area contributed by atoms with Crippen LogP contribution in [0, 0.1) is 0 Å². The maximum absolute atomic E-state index is 12.1. The molecule has 0 atom stereocenters. The molecule has 0 heterocycles. The number of nitrogen functional groups attached to an aromatic ring is 1. The van der Waals surface area contributed by atoms with Crippen LogP contribution in [0.5, 0.6) is 0 Å². The van der Waals surface area contributed by atoms with Crippen molar-refractivity contribution >= 4 is 21.4 Å². The summed E-state index contributed by atoms with van der Waals surface area (Å²) in [5, 5.41) is 0. The molecule has 0 unspecified atom stereocenters. The van der Waals surface area contributed by atoms with Crippen LogP contribution in [0.4, 0.5) is 11.4 Å². The molecule has 5 nitrogen and oxygen atoms in total. The zero-order valence-corrected chi connectivity index (χ0v) is 13.3. The van der Waals surface area contributed by atoms with Crippen LogP contribution in [0.15, 0.2) is 23.1 Å². The maximum Gasteiger partial charge on any atom is 0.240 e. The number of hydrogen-bond acceptors (Lipinski definition) is 4. The molecule has 0 radical (unpaired) electrons. The van der Waals surface area contributed by atoms with E-state index in [1.807, 2.05) is 0 Å². The van der Waals surface area contributed by atoms with Gasteiger partial charge in [-0.05, 0) is 31.0 Å². The molecular weight excluding hydrogens is 274 g/mol. The molecule has 3 N–H and O–H groups in total. The summed E-state index contributed by atoms with van der Waals surface area (Å²) in [5.74, 6) is 0. The van der Waals surface area contributed by atoms with Crippen molar-refractivity contribution in [1.82, 2.24) is 4.72 Å². The Hall–Kier alpha value is -1.27. The van der Waals surface area contributed by atoms with Gasteiger partial charge in [0.2, 0.25) is 10.0 Å². The fourth-order valence-corrected chi connectivity index (χ4v) is 3.19. The second-order valence-corrected chi connectivity index (χ2v) is 6.48. The van der Waals surface area contributed by atoms with E-state index in [0.717, 1.165) is 31.6 Å². The molecule has 0 bridgehead atoms. The van der Waals surface area contributed by atoms with Gasteiger partial charge in [0, 0.05) is 19.6 Å². The first-order chi connectivity index (χ1) is 9.46. The number of sulfonamides is 1. The second-order valence-electron chi connectivity index (χ2n) is 4.71. The molecule has 0 spiro atoms. The predicted molar refractivity (Wildman–Crippen MR) is 84.5 cm³/mol. The molecule has 1 aromatic carbocycles. The summed E-state index contributed by atoms with van der Waals surface area (Å²) in [6, 6.07) is 4.88. The van der Waals surface area contributed by atoms with Gasteiger partial charge in [0.1, 0.15) is 0 Å². The Balaban J connectivity index is 3.19. The Morgan fingerprint density at radius 3 is 2.25 bits per heavy atom. The number of nitrogens with one attached hydrogen (secondary N) is 1. The van der Waals surface area contributed by atoms with Crippen LogP contribution < -0.4 is 15.4 Å². The van der Waals surface area contributed by atoms with Gasteiger partial charge in [-0.2, -0.15) is 0 Å². The average molecular weight is 299 g/mol. The Kier molecular flexibility index (Phi) is 6.29. The number of benzene rings is 1. The van der Waals surface area contributed by atoms with E-state index in [1.165, 1.54) is 0 Å². The molecule has 20 heavy (non-hydrogen) atoms. The smallest absolute Gasteiger partial charge is 0.240 e. The van der Waals surface area contributed by atoms with Gasteiger partial charge >= 0.3 is 0 Å². The summed E-state index contributed by atoms with van der Waals surface area (Å²) in [5.41, 5.74) is 7.42. The van der Waals surface area contributed by atoms with Gasteiger partial charge in [-0.1, -0.05) is 20.8 Å². The Labute approximate surface area is 122 Å². The van der Waals surface area contributed by atoms with Gasteiger partial charge in [-0.15, -0.1) is 0 Å². The monoisotopic (exact) mass is 299 g/mol. The topological polar surface area (TPSA) is 75.4 Å². The Bertz CT molecular complexity index is 523. The predicted octanol–water partition coefficient (Wildman–Crippen LogP) is 2.19. The van der Waals surface area contributed by atoms with Gasteiger partial charge in [-0.3, -0.25) is 0 Å². The van der Waals surface area contributed by atoms with E-state index in [0.29, 0.717) is 12.2 Å². The molecule has 0 fully saturated rings. The van der Waals surface area contributed by atoms with Crippen LogP contribution in [0.3, 0.4) is 0 Å². The number of hydrogen-bond donors (Lipinski definition) is 2. The van der Waals surface area contributed by atoms with Crippen molar-refractivity contribution in [2.45, 2.75) is 38.5 Å². The van der Waals surface area contributed by atoms with Gasteiger partial charge in [0.25, 0.3) is 0 Å². The molecule has 114 valence electrons. The summed E-state index contributed by atoms with van der Waals surface area (Å²) in [4.78, 5) is 2.40. The van der Waals surface area contributed by atoms with Crippen LogP contribution in [-0.2, 0) is 10.0 Å². The Morgan fingerprint density at radius 1 is 1.15 bits per heavy atom. The minimum Gasteiger partial charge on any atom is -0.397 e. The van der Waals surface area contributed by atoms with Crippen molar-refractivity contribution in [3.8, 4) is 0 Å². The lowest BCUT2D eigenvalue weighted by molar-refractivity contribution is 0.584. The van der Waals surface area contributed by atoms with Crippen LogP contribution >= 0.6 is 0 Å². The lowest BCUT2D eigenvalue weighted by Gasteiger charge is -2.25. The van der Waals surface area contributed by atoms with Crippen molar-refractivity contribution in [2.24, 2.45) is 0 Å². The highest BCUT2D eigenvalue weighted by Crippen LogP contribution is 2.27. The first-order valence-corrected chi connectivity index (χ1v) is 8.58. The second kappa shape index (κ2) is 7.50. The van der Waals surface area contributed by atoms with Gasteiger partial charge in [-0.25, -0.2) is 13.1 Å². The van der Waals surface area contributed by atoms with Crippen LogP contribution in [0.1, 0.15) is 33.6 Å². The molecule has 0 saturated heterocycles. The highest BCUT2D eigenvalue weighted by molar-refractivity contribution is 7.89. The molecule has 0 saturated carbocycles. The lowest BCUT2D eigenvalue weighted by atomic mass is 10.2. The normalized spacial score (nSPS) is 11.6. The number of nitrogens with zero attached hydrogens (tertiary/aromatic N) is 1. The first-order valence-electron chi connectivity index (χ1n) is 7.10. The fourth-order valence-electron chi connectivity index (χ4n) is 2.13. The molecule has 1 aromatic rings. The lowest BCUT2D eigenvalue weighted by Crippen LogP contribution is -2.27. The van der Waals surface area contributed by atoms with E-state index in [2.05, 4.69) is 23.5 Å². The first kappa shape index (κ1) is 16.8. The molecule has 6 heteroatoms. The van der Waals surface area contributed by atoms with E-state index in [9.17, 15) is 8.42 Å². The molecule has 0 aromatic heterocycles. The van der Waals surface area contributed by atoms with E-state index in [1.54, 1.807) is 25.1 Å². The fraction of sp³-hybridized carbons (Fsp3) is 0.571. The number of nitrogens with two attached hydrogens (primary N) is 1. The summed E-state index contributed by atoms with van der Waals surface area (Å²) < 4.78 is 26.6. The van der Waals surface area contributed by atoms with E-state index >= 15 is 0 Å². The SMILES string of the molecule is CCCN(CCC)c1cc(S(=O)(=O)NCC)ccc1N. The number of anilines is 2. The van der Waals surface area contributed by atoms with Crippen LogP contribution in [-0.4, -0.2) is 28.1 Å².